The maximum atomic E-state index is 12.2. The predicted molar refractivity (Wildman–Crippen MR) is 78.4 cm³/mol. The highest BCUT2D eigenvalue weighted by Gasteiger charge is 2.48. The molecule has 116 valence electrons. The second-order valence-electron chi connectivity index (χ2n) is 5.83. The molecule has 0 saturated heterocycles. The molecule has 1 amide bonds. The summed E-state index contributed by atoms with van der Waals surface area (Å²) in [4.78, 5) is 23.7. The van der Waals surface area contributed by atoms with Gasteiger partial charge in [-0.15, -0.1) is 12.4 Å². The molecule has 0 aromatic heterocycles. The van der Waals surface area contributed by atoms with E-state index >= 15 is 0 Å². The zero-order valence-corrected chi connectivity index (χ0v) is 12.9. The number of carbonyl (C=O) groups is 2. The highest BCUT2D eigenvalue weighted by atomic mass is 35.5. The van der Waals surface area contributed by atoms with E-state index in [1.54, 1.807) is 13.8 Å². The Morgan fingerprint density at radius 2 is 2.00 bits per heavy atom. The van der Waals surface area contributed by atoms with Crippen LogP contribution in [0.2, 0.25) is 0 Å². The van der Waals surface area contributed by atoms with Gasteiger partial charge in [0.15, 0.2) is 0 Å². The Bertz CT molecular complexity index is 362. The third-order valence-electron chi connectivity index (χ3n) is 4.55. The predicted octanol–water partition coefficient (Wildman–Crippen LogP) is 1.10. The quantitative estimate of drug-likeness (QED) is 0.745. The average molecular weight is 305 g/mol. The normalized spacial score (nSPS) is 32.4. The van der Waals surface area contributed by atoms with Gasteiger partial charge in [-0.25, -0.2) is 0 Å². The van der Waals surface area contributed by atoms with E-state index in [9.17, 15) is 9.59 Å². The van der Waals surface area contributed by atoms with Gasteiger partial charge in [0.05, 0.1) is 18.4 Å². The molecule has 0 aromatic carbocycles. The van der Waals surface area contributed by atoms with Crippen LogP contribution in [-0.2, 0) is 14.3 Å². The molecule has 5 nitrogen and oxygen atoms in total. The summed E-state index contributed by atoms with van der Waals surface area (Å²) in [5, 5.41) is 2.86. The fourth-order valence-electron chi connectivity index (χ4n) is 3.46. The van der Waals surface area contributed by atoms with Crippen molar-refractivity contribution in [3.05, 3.63) is 0 Å². The van der Waals surface area contributed by atoms with Gasteiger partial charge in [-0.3, -0.25) is 9.59 Å². The fourth-order valence-corrected chi connectivity index (χ4v) is 3.46. The number of nitrogens with two attached hydrogens (primary N) is 1. The van der Waals surface area contributed by atoms with Gasteiger partial charge in [-0.1, -0.05) is 6.92 Å². The van der Waals surface area contributed by atoms with Crippen molar-refractivity contribution in [3.8, 4) is 0 Å². The minimum atomic E-state index is -0.307. The number of hydrogen-bond acceptors (Lipinski definition) is 4. The summed E-state index contributed by atoms with van der Waals surface area (Å²) < 4.78 is 4.92. The van der Waals surface area contributed by atoms with Gasteiger partial charge in [0.1, 0.15) is 0 Å². The largest absolute Gasteiger partial charge is 0.466 e. The van der Waals surface area contributed by atoms with Crippen molar-refractivity contribution in [1.82, 2.24) is 5.32 Å². The minimum Gasteiger partial charge on any atom is -0.466 e. The summed E-state index contributed by atoms with van der Waals surface area (Å²) in [7, 11) is 0. The van der Waals surface area contributed by atoms with Crippen LogP contribution < -0.4 is 11.1 Å². The van der Waals surface area contributed by atoms with Gasteiger partial charge in [0.25, 0.3) is 0 Å². The topological polar surface area (TPSA) is 81.4 Å². The number of esters is 1. The summed E-state index contributed by atoms with van der Waals surface area (Å²) in [6.45, 7) is 4.24. The first-order chi connectivity index (χ1) is 9.04. The molecule has 2 aliphatic rings. The standard InChI is InChI=1S/C14H24N2O3.ClH/c1-3-19-14(18)8(2)7-16-13(17)11-9-4-5-10(6-9)12(11)15;/h8-12H,3-7,15H2,1-2H3,(H,16,17);1H. The molecule has 3 N–H and O–H groups in total. The van der Waals surface area contributed by atoms with Crippen LogP contribution in [0.4, 0.5) is 0 Å². The Morgan fingerprint density at radius 3 is 2.55 bits per heavy atom. The van der Waals surface area contributed by atoms with Crippen molar-refractivity contribution in [1.29, 1.82) is 0 Å². The van der Waals surface area contributed by atoms with E-state index in [0.717, 1.165) is 19.3 Å². The molecule has 2 bridgehead atoms. The number of nitrogens with one attached hydrogen (secondary N) is 1. The van der Waals surface area contributed by atoms with Crippen LogP contribution in [0.5, 0.6) is 0 Å². The van der Waals surface area contributed by atoms with E-state index in [0.29, 0.717) is 25.0 Å². The first-order valence-corrected chi connectivity index (χ1v) is 7.24. The third kappa shape index (κ3) is 3.44. The molecule has 2 rings (SSSR count). The van der Waals surface area contributed by atoms with E-state index in [2.05, 4.69) is 5.32 Å². The average Bonchev–Trinajstić information content (AvgIpc) is 2.96. The van der Waals surface area contributed by atoms with Crippen LogP contribution in [0.3, 0.4) is 0 Å². The maximum absolute atomic E-state index is 12.2. The molecule has 2 aliphatic carbocycles. The number of ether oxygens (including phenoxy) is 1. The van der Waals surface area contributed by atoms with E-state index in [1.165, 1.54) is 0 Å². The molecule has 20 heavy (non-hydrogen) atoms. The first-order valence-electron chi connectivity index (χ1n) is 7.24. The van der Waals surface area contributed by atoms with Crippen LogP contribution in [0.15, 0.2) is 0 Å². The Kier molecular flexibility index (Phi) is 6.27. The lowest BCUT2D eigenvalue weighted by molar-refractivity contribution is -0.147. The zero-order chi connectivity index (χ0) is 14.0. The maximum Gasteiger partial charge on any atom is 0.310 e. The van der Waals surface area contributed by atoms with Crippen LogP contribution >= 0.6 is 12.4 Å². The minimum absolute atomic E-state index is 0. The van der Waals surface area contributed by atoms with Crippen molar-refractivity contribution in [3.63, 3.8) is 0 Å². The molecular formula is C14H25ClN2O3. The summed E-state index contributed by atoms with van der Waals surface area (Å²) >= 11 is 0. The van der Waals surface area contributed by atoms with Crippen LogP contribution in [0.1, 0.15) is 33.1 Å². The lowest BCUT2D eigenvalue weighted by atomic mass is 9.84. The Hall–Kier alpha value is -0.810. The number of rotatable bonds is 5. The molecule has 2 saturated carbocycles. The third-order valence-corrected chi connectivity index (χ3v) is 4.55. The molecule has 5 unspecified atom stereocenters. The Morgan fingerprint density at radius 1 is 1.35 bits per heavy atom. The van der Waals surface area contributed by atoms with Crippen molar-refractivity contribution < 1.29 is 14.3 Å². The van der Waals surface area contributed by atoms with Crippen molar-refractivity contribution in [2.75, 3.05) is 13.2 Å². The van der Waals surface area contributed by atoms with Crippen molar-refractivity contribution >= 4 is 24.3 Å². The molecule has 0 spiro atoms. The Labute approximate surface area is 126 Å². The first kappa shape index (κ1) is 17.2. The summed E-state index contributed by atoms with van der Waals surface area (Å²) in [6, 6.07) is -0.00310. The summed E-state index contributed by atoms with van der Waals surface area (Å²) in [6.07, 6.45) is 3.37. The van der Waals surface area contributed by atoms with Crippen molar-refractivity contribution in [2.45, 2.75) is 39.2 Å². The van der Waals surface area contributed by atoms with E-state index in [-0.39, 0.29) is 42.2 Å². The van der Waals surface area contributed by atoms with Gasteiger partial charge in [-0.2, -0.15) is 0 Å². The van der Waals surface area contributed by atoms with Crippen LogP contribution in [0, 0.1) is 23.7 Å². The smallest absolute Gasteiger partial charge is 0.310 e. The number of carbonyl (C=O) groups excluding carboxylic acids is 2. The second kappa shape index (κ2) is 7.27. The number of hydrogen-bond donors (Lipinski definition) is 2. The van der Waals surface area contributed by atoms with E-state index in [4.69, 9.17) is 10.5 Å². The highest BCUT2D eigenvalue weighted by molar-refractivity contribution is 5.85. The van der Waals surface area contributed by atoms with Gasteiger partial charge in [0.2, 0.25) is 5.91 Å². The number of fused-ring (bicyclic) bond motifs is 2. The second-order valence-corrected chi connectivity index (χ2v) is 5.83. The van der Waals surface area contributed by atoms with Gasteiger partial charge in [0, 0.05) is 12.6 Å². The molecule has 0 heterocycles. The van der Waals surface area contributed by atoms with Crippen LogP contribution in [-0.4, -0.2) is 31.1 Å². The molecule has 5 atom stereocenters. The number of amides is 1. The highest BCUT2D eigenvalue weighted by Crippen LogP contribution is 2.47. The van der Waals surface area contributed by atoms with Gasteiger partial charge >= 0.3 is 5.97 Å². The van der Waals surface area contributed by atoms with Crippen LogP contribution in [0.25, 0.3) is 0 Å². The monoisotopic (exact) mass is 304 g/mol. The summed E-state index contributed by atoms with van der Waals surface area (Å²) in [5.41, 5.74) is 6.13. The van der Waals surface area contributed by atoms with E-state index in [1.807, 2.05) is 0 Å². The number of halogens is 1. The molecule has 0 aromatic rings. The van der Waals surface area contributed by atoms with E-state index < -0.39 is 0 Å². The Balaban J connectivity index is 0.00000200. The molecular weight excluding hydrogens is 280 g/mol. The molecule has 2 fully saturated rings. The molecule has 6 heteroatoms. The fraction of sp³-hybridized carbons (Fsp3) is 0.857. The lowest BCUT2D eigenvalue weighted by Crippen LogP contribution is -2.46. The summed E-state index contributed by atoms with van der Waals surface area (Å²) in [5.74, 6) is 0.337. The molecule has 0 radical (unpaired) electrons. The van der Waals surface area contributed by atoms with Gasteiger partial charge in [-0.05, 0) is 38.0 Å². The van der Waals surface area contributed by atoms with Gasteiger partial charge < -0.3 is 15.8 Å². The SMILES string of the molecule is CCOC(=O)C(C)CNC(=O)C1C2CCC(C2)C1N.Cl. The van der Waals surface area contributed by atoms with Crippen molar-refractivity contribution in [2.24, 2.45) is 29.4 Å². The lowest BCUT2D eigenvalue weighted by Gasteiger charge is -2.27. The zero-order valence-electron chi connectivity index (χ0n) is 12.1. The molecule has 0 aliphatic heterocycles.